The summed E-state index contributed by atoms with van der Waals surface area (Å²) in [5, 5.41) is 1.53. The Kier molecular flexibility index (Phi) is 4.72. The molecular weight excluding hydrogens is 308 g/mol. The van der Waals surface area contributed by atoms with Crippen molar-refractivity contribution in [1.29, 1.82) is 0 Å². The Bertz CT molecular complexity index is 689. The maximum absolute atomic E-state index is 7.08. The van der Waals surface area contributed by atoms with Crippen molar-refractivity contribution in [1.82, 2.24) is 0 Å². The van der Waals surface area contributed by atoms with Crippen LogP contribution >= 0.6 is 0 Å². The molecule has 3 unspecified atom stereocenters. The molecule has 0 saturated heterocycles. The first-order valence-corrected chi connectivity index (χ1v) is 11.4. The molecule has 0 radical (unpaired) electrons. The van der Waals surface area contributed by atoms with Gasteiger partial charge in [-0.25, -0.2) is 0 Å². The van der Waals surface area contributed by atoms with Crippen molar-refractivity contribution in [2.45, 2.75) is 58.7 Å². The number of benzene rings is 2. The molecule has 1 aliphatic heterocycles. The van der Waals surface area contributed by atoms with Crippen molar-refractivity contribution in [2.24, 2.45) is 5.41 Å². The van der Waals surface area contributed by atoms with Gasteiger partial charge < -0.3 is 4.43 Å². The van der Waals surface area contributed by atoms with Crippen LogP contribution < -0.4 is 5.19 Å². The first kappa shape index (κ1) is 17.4. The Morgan fingerprint density at radius 2 is 1.62 bits per heavy atom. The monoisotopic (exact) mass is 338 g/mol. The molecule has 1 heterocycles. The lowest BCUT2D eigenvalue weighted by Gasteiger charge is -2.36. The lowest BCUT2D eigenvalue weighted by molar-refractivity contribution is 0.0868. The molecule has 24 heavy (non-hydrogen) atoms. The molecule has 0 fully saturated rings. The third-order valence-electron chi connectivity index (χ3n) is 5.53. The molecule has 1 aliphatic rings. The Morgan fingerprint density at radius 3 is 2.25 bits per heavy atom. The lowest BCUT2D eigenvalue weighted by atomic mass is 9.85. The molecule has 3 atom stereocenters. The van der Waals surface area contributed by atoms with Crippen molar-refractivity contribution in [2.75, 3.05) is 0 Å². The van der Waals surface area contributed by atoms with Gasteiger partial charge in [0.15, 0.2) is 0 Å². The number of rotatable bonds is 4. The molecule has 0 spiro atoms. The van der Waals surface area contributed by atoms with Crippen LogP contribution in [0.4, 0.5) is 0 Å². The summed E-state index contributed by atoms with van der Waals surface area (Å²) >= 11 is 0. The topological polar surface area (TPSA) is 9.23 Å². The zero-order chi connectivity index (χ0) is 17.4. The predicted molar refractivity (Wildman–Crippen MR) is 105 cm³/mol. The van der Waals surface area contributed by atoms with Crippen LogP contribution in [0.1, 0.15) is 58.3 Å². The zero-order valence-corrected chi connectivity index (χ0v) is 16.7. The van der Waals surface area contributed by atoms with Crippen molar-refractivity contribution >= 4 is 13.5 Å². The van der Waals surface area contributed by atoms with Crippen molar-refractivity contribution in [3.63, 3.8) is 0 Å². The van der Waals surface area contributed by atoms with E-state index in [4.69, 9.17) is 4.43 Å². The fourth-order valence-corrected chi connectivity index (χ4v) is 9.01. The summed E-state index contributed by atoms with van der Waals surface area (Å²) in [6.45, 7) is 11.6. The average molecular weight is 339 g/mol. The fraction of sp³-hybridized carbons (Fsp3) is 0.455. The van der Waals surface area contributed by atoms with Gasteiger partial charge in [-0.15, -0.1) is 0 Å². The summed E-state index contributed by atoms with van der Waals surface area (Å²) in [5.41, 5.74) is 3.57. The van der Waals surface area contributed by atoms with Gasteiger partial charge in [-0.3, -0.25) is 0 Å². The van der Waals surface area contributed by atoms with Crippen LogP contribution in [0.15, 0.2) is 54.6 Å². The van der Waals surface area contributed by atoms with E-state index in [0.29, 0.717) is 5.54 Å². The molecule has 3 rings (SSSR count). The second-order valence-electron chi connectivity index (χ2n) is 8.31. The van der Waals surface area contributed by atoms with E-state index in [9.17, 15) is 0 Å². The number of hydrogen-bond acceptors (Lipinski definition) is 1. The number of fused-ring (bicyclic) bond motifs is 1. The second-order valence-corrected chi connectivity index (χ2v) is 12.2. The maximum atomic E-state index is 7.08. The SMILES string of the molecule is CCC(C)[Si]1(Cc2ccccc2)OC(C(C)(C)C)c2ccccc21. The van der Waals surface area contributed by atoms with Crippen molar-refractivity contribution in [3.05, 3.63) is 65.7 Å². The quantitative estimate of drug-likeness (QED) is 0.665. The van der Waals surface area contributed by atoms with Gasteiger partial charge in [-0.1, -0.05) is 95.6 Å². The molecule has 0 bridgehead atoms. The summed E-state index contributed by atoms with van der Waals surface area (Å²) in [4.78, 5) is 0. The first-order chi connectivity index (χ1) is 11.4. The van der Waals surface area contributed by atoms with E-state index in [1.165, 1.54) is 22.7 Å². The minimum atomic E-state index is -2.07. The molecule has 2 heteroatoms. The highest BCUT2D eigenvalue weighted by Gasteiger charge is 2.53. The Hall–Kier alpha value is -1.38. The van der Waals surface area contributed by atoms with Gasteiger partial charge in [-0.2, -0.15) is 0 Å². The van der Waals surface area contributed by atoms with Gasteiger partial charge in [0, 0.05) is 0 Å². The van der Waals surface area contributed by atoms with Crippen molar-refractivity contribution < 1.29 is 4.43 Å². The van der Waals surface area contributed by atoms with Crippen LogP contribution in [-0.4, -0.2) is 8.32 Å². The summed E-state index contributed by atoms with van der Waals surface area (Å²) in [6, 6.07) is 21.0. The zero-order valence-electron chi connectivity index (χ0n) is 15.7. The third-order valence-corrected chi connectivity index (χ3v) is 10.5. The van der Waals surface area contributed by atoms with Crippen LogP contribution in [-0.2, 0) is 10.5 Å². The summed E-state index contributed by atoms with van der Waals surface area (Å²) in [7, 11) is -2.07. The summed E-state index contributed by atoms with van der Waals surface area (Å²) < 4.78 is 7.08. The molecule has 0 saturated carbocycles. The Morgan fingerprint density at radius 1 is 1.00 bits per heavy atom. The van der Waals surface area contributed by atoms with E-state index < -0.39 is 8.32 Å². The third kappa shape index (κ3) is 2.98. The minimum Gasteiger partial charge on any atom is -0.404 e. The van der Waals surface area contributed by atoms with Crippen LogP contribution in [0.25, 0.3) is 0 Å². The van der Waals surface area contributed by atoms with Gasteiger partial charge in [0.25, 0.3) is 0 Å². The molecular formula is C22H30OSi. The van der Waals surface area contributed by atoms with Gasteiger partial charge in [0.05, 0.1) is 6.10 Å². The van der Waals surface area contributed by atoms with Crippen LogP contribution in [0.3, 0.4) is 0 Å². The largest absolute Gasteiger partial charge is 0.404 e. The van der Waals surface area contributed by atoms with Crippen LogP contribution in [0.5, 0.6) is 0 Å². The molecule has 0 aromatic heterocycles. The highest BCUT2D eigenvalue weighted by atomic mass is 28.4. The van der Waals surface area contributed by atoms with Crippen LogP contribution in [0, 0.1) is 5.41 Å². The summed E-state index contributed by atoms with van der Waals surface area (Å²) in [6.07, 6.45) is 1.38. The average Bonchev–Trinajstić information content (AvgIpc) is 2.91. The van der Waals surface area contributed by atoms with E-state index >= 15 is 0 Å². The number of hydrogen-bond donors (Lipinski definition) is 0. The molecule has 0 N–H and O–H groups in total. The van der Waals surface area contributed by atoms with E-state index in [0.717, 1.165) is 6.04 Å². The van der Waals surface area contributed by atoms with Gasteiger partial charge >= 0.3 is 0 Å². The standard InChI is InChI=1S/C22H30OSi/c1-6-17(2)24(16-18-12-8-7-9-13-18)20-15-11-10-14-19(20)21(23-24)22(3,4)5/h7-15,17,21H,6,16H2,1-5H3. The molecule has 0 aliphatic carbocycles. The molecule has 0 amide bonds. The summed E-state index contributed by atoms with van der Waals surface area (Å²) in [5.74, 6) is 0. The Balaban J connectivity index is 2.12. The smallest absolute Gasteiger partial charge is 0.232 e. The Labute approximate surface area is 148 Å². The second kappa shape index (κ2) is 6.49. The minimum absolute atomic E-state index is 0.120. The predicted octanol–water partition coefficient (Wildman–Crippen LogP) is 5.54. The molecule has 2 aromatic carbocycles. The van der Waals surface area contributed by atoms with E-state index in [1.807, 2.05) is 0 Å². The maximum Gasteiger partial charge on any atom is 0.232 e. The molecule has 2 aromatic rings. The highest BCUT2D eigenvalue weighted by Crippen LogP contribution is 2.47. The van der Waals surface area contributed by atoms with Gasteiger partial charge in [-0.05, 0) is 33.3 Å². The molecule has 128 valence electrons. The van der Waals surface area contributed by atoms with E-state index in [1.54, 1.807) is 0 Å². The lowest BCUT2D eigenvalue weighted by Crippen LogP contribution is -2.53. The van der Waals surface area contributed by atoms with E-state index in [-0.39, 0.29) is 11.5 Å². The van der Waals surface area contributed by atoms with Gasteiger partial charge in [0.2, 0.25) is 8.32 Å². The first-order valence-electron chi connectivity index (χ1n) is 9.19. The van der Waals surface area contributed by atoms with Gasteiger partial charge in [0.1, 0.15) is 0 Å². The highest BCUT2D eigenvalue weighted by molar-refractivity contribution is 6.88. The fourth-order valence-electron chi connectivity index (χ4n) is 4.01. The normalized spacial score (nSPS) is 24.6. The van der Waals surface area contributed by atoms with Crippen molar-refractivity contribution in [3.8, 4) is 0 Å². The van der Waals surface area contributed by atoms with E-state index in [2.05, 4.69) is 89.2 Å². The van der Waals surface area contributed by atoms with Crippen LogP contribution in [0.2, 0.25) is 5.54 Å². The molecule has 1 nitrogen and oxygen atoms in total.